The molecule has 0 bridgehead atoms. The second-order valence-corrected chi connectivity index (χ2v) is 8.77. The third-order valence-corrected chi connectivity index (χ3v) is 6.38. The lowest BCUT2D eigenvalue weighted by Gasteiger charge is -2.18. The Balaban J connectivity index is 1.64. The average molecular weight is 415 g/mol. The maximum atomic E-state index is 12.4. The Morgan fingerprint density at radius 3 is 2.34 bits per heavy atom. The van der Waals surface area contributed by atoms with Gasteiger partial charge in [0.1, 0.15) is 5.75 Å². The van der Waals surface area contributed by atoms with Crippen molar-refractivity contribution in [3.05, 3.63) is 65.7 Å². The van der Waals surface area contributed by atoms with Gasteiger partial charge in [0.15, 0.2) is 0 Å². The van der Waals surface area contributed by atoms with Crippen LogP contribution in [0.25, 0.3) is 6.08 Å². The topological polar surface area (TPSA) is 84.5 Å². The van der Waals surface area contributed by atoms with Gasteiger partial charge in [-0.25, -0.2) is 13.1 Å². The molecule has 1 atom stereocenters. The van der Waals surface area contributed by atoms with Gasteiger partial charge in [0.2, 0.25) is 15.9 Å². The summed E-state index contributed by atoms with van der Waals surface area (Å²) >= 11 is 0. The number of nitrogens with one attached hydrogen (secondary N) is 2. The summed E-state index contributed by atoms with van der Waals surface area (Å²) in [5.41, 5.74) is 1.82. The van der Waals surface area contributed by atoms with E-state index in [4.69, 9.17) is 4.74 Å². The predicted molar refractivity (Wildman–Crippen MR) is 113 cm³/mol. The molecule has 0 aliphatic heterocycles. The van der Waals surface area contributed by atoms with Crippen molar-refractivity contribution in [2.75, 3.05) is 13.7 Å². The number of rotatable bonds is 9. The van der Waals surface area contributed by atoms with E-state index < -0.39 is 10.0 Å². The fraction of sp³-hybridized carbons (Fsp3) is 0.318. The molecule has 29 heavy (non-hydrogen) atoms. The van der Waals surface area contributed by atoms with Crippen molar-refractivity contribution in [2.24, 2.45) is 5.92 Å². The van der Waals surface area contributed by atoms with Gasteiger partial charge in [0.05, 0.1) is 18.0 Å². The van der Waals surface area contributed by atoms with E-state index in [-0.39, 0.29) is 16.8 Å². The van der Waals surface area contributed by atoms with Gasteiger partial charge < -0.3 is 10.1 Å². The Morgan fingerprint density at radius 2 is 1.79 bits per heavy atom. The third kappa shape index (κ3) is 5.68. The molecule has 7 heteroatoms. The molecule has 154 valence electrons. The number of carbonyl (C=O) groups excluding carboxylic acids is 1. The molecule has 0 spiro atoms. The van der Waals surface area contributed by atoms with Crippen LogP contribution in [0.5, 0.6) is 5.75 Å². The van der Waals surface area contributed by atoms with Crippen molar-refractivity contribution in [3.63, 3.8) is 0 Å². The zero-order valence-electron chi connectivity index (χ0n) is 16.6. The number of hydrogen-bond acceptors (Lipinski definition) is 4. The van der Waals surface area contributed by atoms with Crippen LogP contribution < -0.4 is 14.8 Å². The summed E-state index contributed by atoms with van der Waals surface area (Å²) in [4.78, 5) is 12.6. The van der Waals surface area contributed by atoms with E-state index in [0.29, 0.717) is 12.5 Å². The molecule has 6 nitrogen and oxygen atoms in total. The van der Waals surface area contributed by atoms with E-state index >= 15 is 0 Å². The smallest absolute Gasteiger partial charge is 0.244 e. The molecule has 1 aliphatic carbocycles. The molecule has 2 aromatic rings. The molecule has 1 unspecified atom stereocenters. The number of sulfonamides is 1. The van der Waals surface area contributed by atoms with Crippen LogP contribution in [-0.4, -0.2) is 28.0 Å². The van der Waals surface area contributed by atoms with Crippen LogP contribution in [0.3, 0.4) is 0 Å². The summed E-state index contributed by atoms with van der Waals surface area (Å²) in [5.74, 6) is 1.06. The maximum Gasteiger partial charge on any atom is 0.244 e. The lowest BCUT2D eigenvalue weighted by atomic mass is 10.0. The molecule has 1 saturated carbocycles. The number of methoxy groups -OCH3 is 1. The van der Waals surface area contributed by atoms with Crippen LogP contribution >= 0.6 is 0 Å². The molecule has 1 fully saturated rings. The van der Waals surface area contributed by atoms with Crippen LogP contribution in [0.4, 0.5) is 0 Å². The van der Waals surface area contributed by atoms with Gasteiger partial charge in [-0.1, -0.05) is 31.2 Å². The quantitative estimate of drug-likeness (QED) is 0.617. The van der Waals surface area contributed by atoms with Gasteiger partial charge in [-0.3, -0.25) is 4.79 Å². The van der Waals surface area contributed by atoms with Crippen LogP contribution in [0, 0.1) is 5.92 Å². The standard InChI is InChI=1S/C22H26N2O4S/c1-3-23-29(26,27)20-13-4-16(5-14-20)6-15-21(25)24-22(17-7-8-17)18-9-11-19(28-2)12-10-18/h4-6,9-15,17,22-23H,3,7-8H2,1-2H3,(H,24,25)/b15-6+. The van der Waals surface area contributed by atoms with Crippen molar-refractivity contribution in [2.45, 2.75) is 30.7 Å². The minimum atomic E-state index is -3.47. The van der Waals surface area contributed by atoms with Crippen molar-refractivity contribution >= 4 is 22.0 Å². The molecule has 0 heterocycles. The van der Waals surface area contributed by atoms with Gasteiger partial charge >= 0.3 is 0 Å². The van der Waals surface area contributed by atoms with Crippen LogP contribution in [-0.2, 0) is 14.8 Å². The highest BCUT2D eigenvalue weighted by Gasteiger charge is 2.33. The van der Waals surface area contributed by atoms with Gasteiger partial charge in [-0.2, -0.15) is 0 Å². The first-order valence-electron chi connectivity index (χ1n) is 9.65. The monoisotopic (exact) mass is 414 g/mol. The highest BCUT2D eigenvalue weighted by molar-refractivity contribution is 7.89. The highest BCUT2D eigenvalue weighted by atomic mass is 32.2. The first-order valence-corrected chi connectivity index (χ1v) is 11.1. The minimum absolute atomic E-state index is 0.0225. The predicted octanol–water partition coefficient (Wildman–Crippen LogP) is 3.27. The van der Waals surface area contributed by atoms with Crippen LogP contribution in [0.2, 0.25) is 0 Å². The zero-order chi connectivity index (χ0) is 20.9. The molecule has 3 rings (SSSR count). The zero-order valence-corrected chi connectivity index (χ0v) is 17.4. The highest BCUT2D eigenvalue weighted by Crippen LogP contribution is 2.41. The van der Waals surface area contributed by atoms with Crippen LogP contribution in [0.1, 0.15) is 36.9 Å². The van der Waals surface area contributed by atoms with Crippen molar-refractivity contribution < 1.29 is 17.9 Å². The Kier molecular flexibility index (Phi) is 6.71. The van der Waals surface area contributed by atoms with Crippen molar-refractivity contribution in [1.82, 2.24) is 10.0 Å². The third-order valence-electron chi connectivity index (χ3n) is 4.82. The van der Waals surface area contributed by atoms with E-state index in [1.807, 2.05) is 24.3 Å². The molecule has 1 aliphatic rings. The number of hydrogen-bond donors (Lipinski definition) is 2. The molecule has 1 amide bonds. The fourth-order valence-electron chi connectivity index (χ4n) is 3.12. The Hall–Kier alpha value is -2.64. The molecular formula is C22H26N2O4S. The molecule has 0 radical (unpaired) electrons. The molecule has 0 saturated heterocycles. The second-order valence-electron chi connectivity index (χ2n) is 7.00. The molecule has 0 aromatic heterocycles. The van der Waals surface area contributed by atoms with Gasteiger partial charge in [0.25, 0.3) is 0 Å². The largest absolute Gasteiger partial charge is 0.497 e. The van der Waals surface area contributed by atoms with E-state index in [2.05, 4.69) is 10.0 Å². The summed E-state index contributed by atoms with van der Waals surface area (Å²) in [5, 5.41) is 3.08. The maximum absolute atomic E-state index is 12.4. The van der Waals surface area contributed by atoms with Crippen molar-refractivity contribution in [1.29, 1.82) is 0 Å². The van der Waals surface area contributed by atoms with Gasteiger partial charge in [-0.15, -0.1) is 0 Å². The van der Waals surface area contributed by atoms with Crippen LogP contribution in [0.15, 0.2) is 59.5 Å². The number of carbonyl (C=O) groups is 1. The molecule has 2 aromatic carbocycles. The van der Waals surface area contributed by atoms with E-state index in [1.54, 1.807) is 32.2 Å². The Labute approximate surface area is 172 Å². The lowest BCUT2D eigenvalue weighted by molar-refractivity contribution is -0.117. The second kappa shape index (κ2) is 9.24. The number of amides is 1. The normalized spacial score (nSPS) is 15.2. The Bertz CT molecular complexity index is 963. The number of benzene rings is 2. The van der Waals surface area contributed by atoms with E-state index in [9.17, 15) is 13.2 Å². The summed E-state index contributed by atoms with van der Waals surface area (Å²) < 4.78 is 31.6. The Morgan fingerprint density at radius 1 is 1.14 bits per heavy atom. The van der Waals surface area contributed by atoms with E-state index in [1.165, 1.54) is 18.2 Å². The lowest BCUT2D eigenvalue weighted by Crippen LogP contribution is -2.28. The number of ether oxygens (including phenoxy) is 1. The minimum Gasteiger partial charge on any atom is -0.497 e. The summed E-state index contributed by atoms with van der Waals surface area (Å²) in [6.07, 6.45) is 5.36. The summed E-state index contributed by atoms with van der Waals surface area (Å²) in [7, 11) is -1.85. The van der Waals surface area contributed by atoms with Gasteiger partial charge in [0, 0.05) is 12.6 Å². The van der Waals surface area contributed by atoms with Crippen molar-refractivity contribution in [3.8, 4) is 5.75 Å². The fourth-order valence-corrected chi connectivity index (χ4v) is 4.16. The summed E-state index contributed by atoms with van der Waals surface area (Å²) in [6.45, 7) is 2.06. The molecule has 2 N–H and O–H groups in total. The van der Waals surface area contributed by atoms with Gasteiger partial charge in [-0.05, 0) is 60.2 Å². The van der Waals surface area contributed by atoms with E-state index in [0.717, 1.165) is 29.7 Å². The first kappa shape index (κ1) is 21.1. The SMILES string of the molecule is CCNS(=O)(=O)c1ccc(/C=C/C(=O)NC(c2ccc(OC)cc2)C2CC2)cc1. The average Bonchev–Trinajstić information content (AvgIpc) is 3.56. The molecular weight excluding hydrogens is 388 g/mol. The summed E-state index contributed by atoms with van der Waals surface area (Å²) in [6, 6.07) is 14.1. The first-order chi connectivity index (χ1) is 13.9.